The fourth-order valence-electron chi connectivity index (χ4n) is 2.31. The molecule has 0 radical (unpaired) electrons. The van der Waals surface area contributed by atoms with Crippen molar-refractivity contribution < 1.29 is 4.79 Å². The van der Waals surface area contributed by atoms with Gasteiger partial charge in [-0.15, -0.1) is 5.10 Å². The third-order valence-corrected chi connectivity index (χ3v) is 3.77. The smallest absolute Gasteiger partial charge is 0.287 e. The zero-order chi connectivity index (χ0) is 13.2. The van der Waals surface area contributed by atoms with Crippen molar-refractivity contribution in [2.75, 3.05) is 13.1 Å². The molecule has 104 valence electrons. The number of nitrogens with two attached hydrogens (primary N) is 1. The van der Waals surface area contributed by atoms with Crippen molar-refractivity contribution in [1.29, 1.82) is 0 Å². The third kappa shape index (κ3) is 3.30. The average molecular weight is 264 g/mol. The van der Waals surface area contributed by atoms with Crippen LogP contribution < -0.4 is 11.3 Å². The largest absolute Gasteiger partial charge is 0.298 e. The average Bonchev–Trinajstić information content (AvgIpc) is 3.33. The molecule has 3 N–H and O–H groups in total. The lowest BCUT2D eigenvalue weighted by Gasteiger charge is -2.21. The summed E-state index contributed by atoms with van der Waals surface area (Å²) in [6.07, 6.45) is 7.06. The first-order chi connectivity index (χ1) is 9.26. The fourth-order valence-corrected chi connectivity index (χ4v) is 2.31. The summed E-state index contributed by atoms with van der Waals surface area (Å²) in [7, 11) is 0. The van der Waals surface area contributed by atoms with Crippen LogP contribution in [0.2, 0.25) is 0 Å². The van der Waals surface area contributed by atoms with Gasteiger partial charge < -0.3 is 0 Å². The van der Waals surface area contributed by atoms with Gasteiger partial charge in [-0.2, -0.15) is 0 Å². The molecular formula is C12H20N6O. The highest BCUT2D eigenvalue weighted by molar-refractivity contribution is 5.91. The van der Waals surface area contributed by atoms with Crippen LogP contribution in [-0.2, 0) is 6.54 Å². The first-order valence-electron chi connectivity index (χ1n) is 6.91. The highest BCUT2D eigenvalue weighted by atomic mass is 16.2. The molecule has 0 aromatic carbocycles. The van der Waals surface area contributed by atoms with E-state index in [-0.39, 0.29) is 5.69 Å². The van der Waals surface area contributed by atoms with Crippen LogP contribution in [0.3, 0.4) is 0 Å². The van der Waals surface area contributed by atoms with Gasteiger partial charge in [0, 0.05) is 19.1 Å². The number of nitrogens with zero attached hydrogens (tertiary/aromatic N) is 4. The molecule has 1 aromatic heterocycles. The Morgan fingerprint density at radius 3 is 2.89 bits per heavy atom. The Kier molecular flexibility index (Phi) is 3.48. The lowest BCUT2D eigenvalue weighted by Crippen LogP contribution is -2.32. The second-order valence-electron chi connectivity index (χ2n) is 5.51. The number of nitrogen functional groups attached to an aromatic ring is 1. The van der Waals surface area contributed by atoms with Gasteiger partial charge in [-0.3, -0.25) is 19.8 Å². The van der Waals surface area contributed by atoms with E-state index in [1.165, 1.54) is 32.2 Å². The van der Waals surface area contributed by atoms with Crippen LogP contribution in [0.5, 0.6) is 0 Å². The molecule has 2 aliphatic carbocycles. The Labute approximate surface area is 112 Å². The molecule has 19 heavy (non-hydrogen) atoms. The summed E-state index contributed by atoms with van der Waals surface area (Å²) in [5.74, 6) is 5.57. The number of hydrazine groups is 1. The van der Waals surface area contributed by atoms with Crippen LogP contribution in [0.1, 0.15) is 36.2 Å². The van der Waals surface area contributed by atoms with Gasteiger partial charge in [0.25, 0.3) is 5.91 Å². The van der Waals surface area contributed by atoms with Crippen LogP contribution in [-0.4, -0.2) is 44.9 Å². The van der Waals surface area contributed by atoms with Crippen molar-refractivity contribution in [1.82, 2.24) is 25.3 Å². The molecule has 3 rings (SSSR count). The molecule has 1 aromatic rings. The highest BCUT2D eigenvalue weighted by Crippen LogP contribution is 2.34. The maximum absolute atomic E-state index is 11.3. The minimum absolute atomic E-state index is 0.266. The summed E-state index contributed by atoms with van der Waals surface area (Å²) in [4.78, 5) is 13.8. The minimum Gasteiger partial charge on any atom is -0.298 e. The molecule has 1 heterocycles. The summed E-state index contributed by atoms with van der Waals surface area (Å²) in [6, 6.07) is 0.774. The van der Waals surface area contributed by atoms with Gasteiger partial charge in [-0.05, 0) is 31.6 Å². The number of hydrogen-bond donors (Lipinski definition) is 2. The van der Waals surface area contributed by atoms with Gasteiger partial charge in [0.15, 0.2) is 5.69 Å². The Morgan fingerprint density at radius 1 is 1.47 bits per heavy atom. The standard InChI is InChI=1S/C12H20N6O/c13-14-12(19)11-8-18(16-15-11)6-5-17(10-3-4-10)7-9-1-2-9/h8-10H,1-7,13H2,(H,14,19). The first kappa shape index (κ1) is 12.6. The maximum Gasteiger partial charge on any atom is 0.287 e. The highest BCUT2D eigenvalue weighted by Gasteiger charge is 2.33. The molecule has 0 aliphatic heterocycles. The summed E-state index contributed by atoms with van der Waals surface area (Å²) in [6.45, 7) is 2.97. The molecule has 2 fully saturated rings. The lowest BCUT2D eigenvalue weighted by atomic mass is 10.3. The van der Waals surface area contributed by atoms with Gasteiger partial charge in [0.1, 0.15) is 0 Å². The third-order valence-electron chi connectivity index (χ3n) is 3.77. The zero-order valence-electron chi connectivity index (χ0n) is 11.0. The Morgan fingerprint density at radius 2 is 2.26 bits per heavy atom. The van der Waals surface area contributed by atoms with E-state index in [0.717, 1.165) is 25.0 Å². The summed E-state index contributed by atoms with van der Waals surface area (Å²) in [5, 5.41) is 7.76. The number of hydrogen-bond acceptors (Lipinski definition) is 5. The fraction of sp³-hybridized carbons (Fsp3) is 0.750. The molecule has 2 aliphatic rings. The first-order valence-corrected chi connectivity index (χ1v) is 6.91. The van der Waals surface area contributed by atoms with Crippen LogP contribution in [0.25, 0.3) is 0 Å². The number of rotatable bonds is 7. The number of carbonyl (C=O) groups is 1. The molecule has 7 heteroatoms. The van der Waals surface area contributed by atoms with Gasteiger partial charge in [0.2, 0.25) is 0 Å². The molecular weight excluding hydrogens is 244 g/mol. The number of nitrogens with one attached hydrogen (secondary N) is 1. The van der Waals surface area contributed by atoms with Crippen molar-refractivity contribution in [3.05, 3.63) is 11.9 Å². The van der Waals surface area contributed by atoms with Crippen molar-refractivity contribution in [2.24, 2.45) is 11.8 Å². The van der Waals surface area contributed by atoms with E-state index < -0.39 is 5.91 Å². The zero-order valence-corrected chi connectivity index (χ0v) is 11.0. The lowest BCUT2D eigenvalue weighted by molar-refractivity contribution is 0.0948. The van der Waals surface area contributed by atoms with Gasteiger partial charge in [0.05, 0.1) is 12.7 Å². The van der Waals surface area contributed by atoms with E-state index in [2.05, 4.69) is 20.6 Å². The van der Waals surface area contributed by atoms with Crippen LogP contribution >= 0.6 is 0 Å². The van der Waals surface area contributed by atoms with E-state index in [4.69, 9.17) is 5.84 Å². The van der Waals surface area contributed by atoms with Crippen molar-refractivity contribution in [3.63, 3.8) is 0 Å². The molecule has 0 atom stereocenters. The number of carbonyl (C=O) groups excluding carboxylic acids is 1. The van der Waals surface area contributed by atoms with E-state index in [1.54, 1.807) is 10.9 Å². The maximum atomic E-state index is 11.3. The van der Waals surface area contributed by atoms with Crippen molar-refractivity contribution in [2.45, 2.75) is 38.3 Å². The van der Waals surface area contributed by atoms with E-state index in [9.17, 15) is 4.79 Å². The normalized spacial score (nSPS) is 18.8. The molecule has 0 spiro atoms. The van der Waals surface area contributed by atoms with Crippen LogP contribution in [0, 0.1) is 5.92 Å². The second kappa shape index (κ2) is 5.26. The Balaban J connectivity index is 1.52. The van der Waals surface area contributed by atoms with Gasteiger partial charge >= 0.3 is 0 Å². The topological polar surface area (TPSA) is 89.1 Å². The monoisotopic (exact) mass is 264 g/mol. The molecule has 2 saturated carbocycles. The van der Waals surface area contributed by atoms with Crippen LogP contribution in [0.4, 0.5) is 0 Å². The Hall–Kier alpha value is -1.47. The second-order valence-corrected chi connectivity index (χ2v) is 5.51. The van der Waals surface area contributed by atoms with Crippen LogP contribution in [0.15, 0.2) is 6.20 Å². The minimum atomic E-state index is -0.400. The van der Waals surface area contributed by atoms with Crippen molar-refractivity contribution in [3.8, 4) is 0 Å². The predicted octanol–water partition coefficient (Wildman–Crippen LogP) is -0.244. The molecule has 1 amide bonds. The van der Waals surface area contributed by atoms with Crippen molar-refractivity contribution >= 4 is 5.91 Å². The van der Waals surface area contributed by atoms with Gasteiger partial charge in [-0.25, -0.2) is 5.84 Å². The Bertz CT molecular complexity index is 451. The van der Waals surface area contributed by atoms with E-state index in [1.807, 2.05) is 0 Å². The molecule has 0 saturated heterocycles. The predicted molar refractivity (Wildman–Crippen MR) is 69.0 cm³/mol. The summed E-state index contributed by atoms with van der Waals surface area (Å²) >= 11 is 0. The number of aromatic nitrogens is 3. The molecule has 0 bridgehead atoms. The summed E-state index contributed by atoms with van der Waals surface area (Å²) in [5.41, 5.74) is 2.32. The quantitative estimate of drug-likeness (QED) is 0.403. The summed E-state index contributed by atoms with van der Waals surface area (Å²) < 4.78 is 1.72. The van der Waals surface area contributed by atoms with E-state index >= 15 is 0 Å². The molecule has 7 nitrogen and oxygen atoms in total. The van der Waals surface area contributed by atoms with E-state index in [0.29, 0.717) is 0 Å². The SMILES string of the molecule is NNC(=O)c1cn(CCN(CC2CC2)C2CC2)nn1. The molecule has 0 unspecified atom stereocenters. The number of amides is 1. The van der Waals surface area contributed by atoms with Gasteiger partial charge in [-0.1, -0.05) is 5.21 Å².